The summed E-state index contributed by atoms with van der Waals surface area (Å²) in [6.07, 6.45) is 2.30. The quantitative estimate of drug-likeness (QED) is 0.330. The molecule has 2 aliphatic rings. The number of amides is 3. The molecule has 0 radical (unpaired) electrons. The lowest BCUT2D eigenvalue weighted by Crippen LogP contribution is -2.69. The fourth-order valence-corrected chi connectivity index (χ4v) is 6.36. The van der Waals surface area contributed by atoms with Crippen molar-refractivity contribution in [2.45, 2.75) is 56.5 Å². The molecule has 2 heterocycles. The topological polar surface area (TPSA) is 103 Å². The van der Waals surface area contributed by atoms with Crippen LogP contribution in [-0.4, -0.2) is 91.7 Å². The van der Waals surface area contributed by atoms with Gasteiger partial charge in [0.2, 0.25) is 17.7 Å². The van der Waals surface area contributed by atoms with Crippen molar-refractivity contribution >= 4 is 28.5 Å². The second kappa shape index (κ2) is 13.8. The normalized spacial score (nSPS) is 22.0. The molecule has 5 rings (SSSR count). The molecule has 2 saturated heterocycles. The van der Waals surface area contributed by atoms with Gasteiger partial charge in [-0.05, 0) is 66.8 Å². The van der Waals surface area contributed by atoms with Crippen LogP contribution >= 0.6 is 0 Å². The summed E-state index contributed by atoms with van der Waals surface area (Å²) in [7, 11) is 3.19. The molecule has 0 spiro atoms. The first-order valence-electron chi connectivity index (χ1n) is 15.3. The van der Waals surface area contributed by atoms with E-state index in [1.54, 1.807) is 31.2 Å². The highest BCUT2D eigenvalue weighted by Crippen LogP contribution is 2.27. The van der Waals surface area contributed by atoms with Crippen molar-refractivity contribution in [1.82, 2.24) is 25.8 Å². The number of benzene rings is 3. The van der Waals surface area contributed by atoms with Crippen LogP contribution in [0, 0.1) is 5.82 Å². The second-order valence-electron chi connectivity index (χ2n) is 11.9. The van der Waals surface area contributed by atoms with E-state index >= 15 is 0 Å². The maximum atomic E-state index is 14.2. The fourth-order valence-electron chi connectivity index (χ4n) is 6.36. The Morgan fingerprint density at radius 1 is 1.02 bits per heavy atom. The van der Waals surface area contributed by atoms with Crippen molar-refractivity contribution in [3.05, 3.63) is 83.7 Å². The van der Waals surface area contributed by atoms with Crippen LogP contribution < -0.4 is 16.0 Å². The highest BCUT2D eigenvalue weighted by atomic mass is 19.1. The third kappa shape index (κ3) is 7.09. The van der Waals surface area contributed by atoms with Gasteiger partial charge in [0.15, 0.2) is 5.72 Å². The minimum atomic E-state index is -1.07. The van der Waals surface area contributed by atoms with Crippen LogP contribution in [0.4, 0.5) is 4.39 Å². The Bertz CT molecular complexity index is 1480. The highest BCUT2D eigenvalue weighted by Gasteiger charge is 2.45. The van der Waals surface area contributed by atoms with Gasteiger partial charge < -0.3 is 25.6 Å². The predicted octanol–water partition coefficient (Wildman–Crippen LogP) is 2.62. The van der Waals surface area contributed by atoms with E-state index in [9.17, 15) is 18.8 Å². The molecule has 4 atom stereocenters. The summed E-state index contributed by atoms with van der Waals surface area (Å²) in [5, 5.41) is 11.2. The van der Waals surface area contributed by atoms with Crippen LogP contribution in [0.15, 0.2) is 66.7 Å². The number of hydrogen-bond acceptors (Lipinski definition) is 6. The predicted molar refractivity (Wildman–Crippen MR) is 167 cm³/mol. The summed E-state index contributed by atoms with van der Waals surface area (Å²) in [6, 6.07) is 18.6. The molecule has 9 nitrogen and oxygen atoms in total. The number of fused-ring (bicyclic) bond motifs is 1. The molecule has 0 bridgehead atoms. The molecule has 234 valence electrons. The van der Waals surface area contributed by atoms with Crippen molar-refractivity contribution in [1.29, 1.82) is 0 Å². The van der Waals surface area contributed by atoms with E-state index in [-0.39, 0.29) is 36.0 Å². The van der Waals surface area contributed by atoms with Gasteiger partial charge in [0, 0.05) is 40.2 Å². The standard InChI is InChI=1S/C34H42FN5O4/c1-34(44-3)22-39(30(32(42)36-2)21-24-10-13-25-7-4-5-8-26(25)19-24)17-18-40(34)33(43)29(20-23-11-14-27(35)15-12-23)38-31(41)28-9-6-16-37-28/h4-5,7-8,10-15,19,28-30,37H,6,9,16-18,20-22H2,1-3H3,(H,36,42)(H,38,41). The van der Waals surface area contributed by atoms with Gasteiger partial charge in [-0.3, -0.25) is 19.3 Å². The van der Waals surface area contributed by atoms with Crippen molar-refractivity contribution in [2.75, 3.05) is 40.3 Å². The summed E-state index contributed by atoms with van der Waals surface area (Å²) in [5.74, 6) is -0.985. The number of nitrogens with zero attached hydrogens (tertiary/aromatic N) is 2. The lowest BCUT2D eigenvalue weighted by atomic mass is 9.97. The number of rotatable bonds is 10. The van der Waals surface area contributed by atoms with Crippen LogP contribution in [0.1, 0.15) is 30.9 Å². The largest absolute Gasteiger partial charge is 0.358 e. The van der Waals surface area contributed by atoms with E-state index < -0.39 is 17.8 Å². The highest BCUT2D eigenvalue weighted by molar-refractivity contribution is 5.90. The number of hydrogen-bond donors (Lipinski definition) is 3. The Kier molecular flexibility index (Phi) is 9.93. The summed E-state index contributed by atoms with van der Waals surface area (Å²) < 4.78 is 19.6. The Morgan fingerprint density at radius 2 is 1.75 bits per heavy atom. The monoisotopic (exact) mass is 603 g/mol. The number of carbonyl (C=O) groups excluding carboxylic acids is 3. The Hall–Kier alpha value is -3.86. The van der Waals surface area contributed by atoms with Crippen molar-refractivity contribution < 1.29 is 23.5 Å². The average Bonchev–Trinajstić information content (AvgIpc) is 3.59. The summed E-state index contributed by atoms with van der Waals surface area (Å²) in [6.45, 7) is 3.62. The smallest absolute Gasteiger partial charge is 0.247 e. The van der Waals surface area contributed by atoms with Crippen LogP contribution in [0.25, 0.3) is 10.8 Å². The number of carbonyl (C=O) groups is 3. The summed E-state index contributed by atoms with van der Waals surface area (Å²) >= 11 is 0. The van der Waals surface area contributed by atoms with Gasteiger partial charge in [-0.25, -0.2) is 4.39 Å². The fraction of sp³-hybridized carbons (Fsp3) is 0.441. The number of ether oxygens (including phenoxy) is 1. The lowest BCUT2D eigenvalue weighted by Gasteiger charge is -2.50. The first-order valence-corrected chi connectivity index (χ1v) is 15.3. The van der Waals surface area contributed by atoms with Gasteiger partial charge in [-0.15, -0.1) is 0 Å². The number of nitrogens with one attached hydrogen (secondary N) is 3. The van der Waals surface area contributed by atoms with Gasteiger partial charge in [-0.1, -0.05) is 54.6 Å². The molecule has 3 N–H and O–H groups in total. The molecule has 0 saturated carbocycles. The first-order chi connectivity index (χ1) is 21.2. The molecule has 0 aromatic heterocycles. The molecule has 3 aromatic rings. The zero-order valence-corrected chi connectivity index (χ0v) is 25.6. The van der Waals surface area contributed by atoms with Crippen molar-refractivity contribution in [3.63, 3.8) is 0 Å². The van der Waals surface area contributed by atoms with Crippen LogP contribution in [0.3, 0.4) is 0 Å². The van der Waals surface area contributed by atoms with E-state index in [1.165, 1.54) is 12.1 Å². The molecule has 10 heteroatoms. The molecule has 2 fully saturated rings. The number of piperazine rings is 1. The third-order valence-electron chi connectivity index (χ3n) is 8.96. The van der Waals surface area contributed by atoms with Crippen LogP contribution in [0.5, 0.6) is 0 Å². The third-order valence-corrected chi connectivity index (χ3v) is 8.96. The Morgan fingerprint density at radius 3 is 2.43 bits per heavy atom. The van der Waals surface area contributed by atoms with Crippen molar-refractivity contribution in [3.8, 4) is 0 Å². The first kappa shape index (κ1) is 31.6. The van der Waals surface area contributed by atoms with Crippen molar-refractivity contribution in [2.24, 2.45) is 0 Å². The second-order valence-corrected chi connectivity index (χ2v) is 11.9. The molecule has 3 amide bonds. The number of methoxy groups -OCH3 is 1. The maximum absolute atomic E-state index is 14.2. The zero-order valence-electron chi connectivity index (χ0n) is 25.6. The molecular weight excluding hydrogens is 561 g/mol. The minimum Gasteiger partial charge on any atom is -0.358 e. The number of halogens is 1. The zero-order chi connectivity index (χ0) is 31.3. The van der Waals surface area contributed by atoms with Crippen LogP contribution in [0.2, 0.25) is 0 Å². The van der Waals surface area contributed by atoms with Crippen LogP contribution in [-0.2, 0) is 32.0 Å². The minimum absolute atomic E-state index is 0.109. The van der Waals surface area contributed by atoms with E-state index in [2.05, 4.69) is 51.2 Å². The van der Waals surface area contributed by atoms with E-state index in [0.717, 1.165) is 34.9 Å². The molecule has 44 heavy (non-hydrogen) atoms. The molecule has 2 aliphatic heterocycles. The maximum Gasteiger partial charge on any atom is 0.247 e. The molecule has 3 aromatic carbocycles. The number of likely N-dealkylation sites (N-methyl/N-ethyl adjacent to an activating group) is 1. The molecular formula is C34H42FN5O4. The summed E-state index contributed by atoms with van der Waals surface area (Å²) in [5.41, 5.74) is 0.706. The molecule has 4 unspecified atom stereocenters. The van der Waals surface area contributed by atoms with E-state index in [4.69, 9.17) is 4.74 Å². The Labute approximate surface area is 258 Å². The van der Waals surface area contributed by atoms with Gasteiger partial charge in [0.1, 0.15) is 11.9 Å². The van der Waals surface area contributed by atoms with Gasteiger partial charge in [0.25, 0.3) is 0 Å². The lowest BCUT2D eigenvalue weighted by molar-refractivity contribution is -0.186. The average molecular weight is 604 g/mol. The van der Waals surface area contributed by atoms with Gasteiger partial charge >= 0.3 is 0 Å². The molecule has 0 aliphatic carbocycles. The van der Waals surface area contributed by atoms with E-state index in [0.29, 0.717) is 32.5 Å². The summed E-state index contributed by atoms with van der Waals surface area (Å²) in [4.78, 5) is 44.3. The van der Waals surface area contributed by atoms with Gasteiger partial charge in [-0.2, -0.15) is 0 Å². The Balaban J connectivity index is 1.36. The SMILES string of the molecule is CNC(=O)C(Cc1ccc2ccccc2c1)N1CCN(C(=O)C(Cc2ccc(F)cc2)NC(=O)C2CCCN2)C(C)(OC)C1. The van der Waals surface area contributed by atoms with Gasteiger partial charge in [0.05, 0.1) is 12.1 Å². The van der Waals surface area contributed by atoms with E-state index in [1.807, 2.05) is 19.1 Å².